The summed E-state index contributed by atoms with van der Waals surface area (Å²) in [6.45, 7) is 5.83. The van der Waals surface area contributed by atoms with Gasteiger partial charge in [-0.25, -0.2) is 4.79 Å². The number of amides is 1. The highest BCUT2D eigenvalue weighted by Crippen LogP contribution is 2.29. The second-order valence-corrected chi connectivity index (χ2v) is 4.66. The molecule has 0 saturated carbocycles. The fraction of sp³-hybridized carbons (Fsp3) is 0.385. The van der Waals surface area contributed by atoms with Crippen molar-refractivity contribution in [3.05, 3.63) is 28.7 Å². The van der Waals surface area contributed by atoms with E-state index in [9.17, 15) is 9.59 Å². The summed E-state index contributed by atoms with van der Waals surface area (Å²) in [4.78, 5) is 24.3. The highest BCUT2D eigenvalue weighted by molar-refractivity contribution is 7.16. The number of nitrogens with one attached hydrogen (secondary N) is 1. The Morgan fingerprint density at radius 2 is 2.17 bits per heavy atom. The number of thiophene rings is 1. The van der Waals surface area contributed by atoms with Gasteiger partial charge < -0.3 is 10.1 Å². The maximum absolute atomic E-state index is 11.7. The van der Waals surface area contributed by atoms with Crippen LogP contribution in [0.5, 0.6) is 0 Å². The van der Waals surface area contributed by atoms with Crippen LogP contribution in [0, 0.1) is 0 Å². The molecule has 1 heterocycles. The van der Waals surface area contributed by atoms with Crippen LogP contribution in [0.15, 0.2) is 18.2 Å². The molecule has 5 heteroatoms. The van der Waals surface area contributed by atoms with Crippen molar-refractivity contribution in [1.29, 1.82) is 0 Å². The molecular weight excluding hydrogens is 250 g/mol. The van der Waals surface area contributed by atoms with Gasteiger partial charge in [-0.05, 0) is 32.4 Å². The number of allylic oxidation sites excluding steroid dienone is 1. The second kappa shape index (κ2) is 6.96. The maximum Gasteiger partial charge on any atom is 0.341 e. The van der Waals surface area contributed by atoms with E-state index in [2.05, 4.69) is 5.32 Å². The van der Waals surface area contributed by atoms with Gasteiger partial charge in [-0.2, -0.15) is 0 Å². The van der Waals surface area contributed by atoms with Crippen molar-refractivity contribution in [1.82, 2.24) is 0 Å². The van der Waals surface area contributed by atoms with Crippen LogP contribution in [-0.4, -0.2) is 18.5 Å². The number of ether oxygens (including phenoxy) is 1. The molecule has 1 amide bonds. The number of aryl methyl sites for hydroxylation is 1. The fourth-order valence-corrected chi connectivity index (χ4v) is 2.36. The molecule has 1 aromatic rings. The number of carbonyl (C=O) groups is 2. The summed E-state index contributed by atoms with van der Waals surface area (Å²) in [6.07, 6.45) is 3.88. The first-order chi connectivity index (χ1) is 8.62. The van der Waals surface area contributed by atoms with E-state index in [1.165, 1.54) is 17.4 Å². The van der Waals surface area contributed by atoms with Gasteiger partial charge in [0.15, 0.2) is 0 Å². The first-order valence-corrected chi connectivity index (χ1v) is 6.67. The lowest BCUT2D eigenvalue weighted by molar-refractivity contribution is -0.111. The summed E-state index contributed by atoms with van der Waals surface area (Å²) < 4.78 is 4.97. The molecule has 1 rings (SSSR count). The molecule has 0 aromatic carbocycles. The Morgan fingerprint density at radius 3 is 2.72 bits per heavy atom. The summed E-state index contributed by atoms with van der Waals surface area (Å²) in [7, 11) is 0. The molecule has 0 aliphatic heterocycles. The van der Waals surface area contributed by atoms with Crippen LogP contribution in [-0.2, 0) is 16.0 Å². The van der Waals surface area contributed by atoms with Crippen LogP contribution >= 0.6 is 11.3 Å². The van der Waals surface area contributed by atoms with Crippen LogP contribution in [0.3, 0.4) is 0 Å². The standard InChI is InChI=1S/C13H17NO3S/c1-4-7-11(15)14-12-10(13(16)17-6-3)8-9(5-2)18-12/h4,7-8H,5-6H2,1-3H3,(H,14,15). The van der Waals surface area contributed by atoms with Gasteiger partial charge in [0.1, 0.15) is 5.00 Å². The smallest absolute Gasteiger partial charge is 0.341 e. The fourth-order valence-electron chi connectivity index (χ4n) is 1.37. The molecule has 0 radical (unpaired) electrons. The molecule has 18 heavy (non-hydrogen) atoms. The first-order valence-electron chi connectivity index (χ1n) is 5.85. The van der Waals surface area contributed by atoms with Gasteiger partial charge >= 0.3 is 5.97 Å². The van der Waals surface area contributed by atoms with Crippen LogP contribution in [0.4, 0.5) is 5.00 Å². The van der Waals surface area contributed by atoms with Crippen molar-refractivity contribution in [2.45, 2.75) is 27.2 Å². The number of anilines is 1. The van der Waals surface area contributed by atoms with E-state index in [0.717, 1.165) is 11.3 Å². The Balaban J connectivity index is 2.97. The minimum atomic E-state index is -0.399. The third kappa shape index (κ3) is 3.70. The third-order valence-corrected chi connectivity index (χ3v) is 3.38. The van der Waals surface area contributed by atoms with Crippen LogP contribution in [0.2, 0.25) is 0 Å². The van der Waals surface area contributed by atoms with E-state index in [4.69, 9.17) is 4.74 Å². The molecule has 0 unspecified atom stereocenters. The van der Waals surface area contributed by atoms with Gasteiger partial charge in [-0.3, -0.25) is 4.79 Å². The summed E-state index contributed by atoms with van der Waals surface area (Å²) in [5.41, 5.74) is 0.427. The zero-order valence-electron chi connectivity index (χ0n) is 10.8. The maximum atomic E-state index is 11.7. The topological polar surface area (TPSA) is 55.4 Å². The van der Waals surface area contributed by atoms with Gasteiger partial charge in [-0.1, -0.05) is 13.0 Å². The highest BCUT2D eigenvalue weighted by Gasteiger charge is 2.17. The molecule has 0 bridgehead atoms. The van der Waals surface area contributed by atoms with Crippen molar-refractivity contribution in [2.24, 2.45) is 0 Å². The number of hydrogen-bond acceptors (Lipinski definition) is 4. The Labute approximate surface area is 111 Å². The molecule has 4 nitrogen and oxygen atoms in total. The van der Waals surface area contributed by atoms with Gasteiger partial charge in [0.2, 0.25) is 5.91 Å². The average molecular weight is 267 g/mol. The Hall–Kier alpha value is -1.62. The molecule has 1 N–H and O–H groups in total. The van der Waals surface area contributed by atoms with Gasteiger partial charge in [-0.15, -0.1) is 11.3 Å². The molecule has 0 spiro atoms. The van der Waals surface area contributed by atoms with Crippen molar-refractivity contribution in [3.63, 3.8) is 0 Å². The van der Waals surface area contributed by atoms with E-state index >= 15 is 0 Å². The van der Waals surface area contributed by atoms with E-state index in [1.807, 2.05) is 6.92 Å². The van der Waals surface area contributed by atoms with Crippen molar-refractivity contribution >= 4 is 28.2 Å². The van der Waals surface area contributed by atoms with E-state index in [-0.39, 0.29) is 5.91 Å². The number of carbonyl (C=O) groups excluding carboxylic acids is 2. The number of esters is 1. The molecule has 1 aromatic heterocycles. The normalized spacial score (nSPS) is 10.6. The van der Waals surface area contributed by atoms with E-state index in [0.29, 0.717) is 17.2 Å². The third-order valence-electron chi connectivity index (χ3n) is 2.18. The summed E-state index contributed by atoms with van der Waals surface area (Å²) in [6, 6.07) is 1.77. The van der Waals surface area contributed by atoms with Crippen LogP contribution < -0.4 is 5.32 Å². The lowest BCUT2D eigenvalue weighted by atomic mass is 10.2. The zero-order valence-corrected chi connectivity index (χ0v) is 11.6. The van der Waals surface area contributed by atoms with Gasteiger partial charge in [0.25, 0.3) is 0 Å². The molecule has 0 aliphatic carbocycles. The number of hydrogen-bond donors (Lipinski definition) is 1. The lowest BCUT2D eigenvalue weighted by Crippen LogP contribution is -2.11. The average Bonchev–Trinajstić information content (AvgIpc) is 2.73. The van der Waals surface area contributed by atoms with Crippen LogP contribution in [0.25, 0.3) is 0 Å². The quantitative estimate of drug-likeness (QED) is 0.659. The predicted molar refractivity (Wildman–Crippen MR) is 73.1 cm³/mol. The van der Waals surface area contributed by atoms with Crippen molar-refractivity contribution in [3.8, 4) is 0 Å². The van der Waals surface area contributed by atoms with E-state index < -0.39 is 5.97 Å². The van der Waals surface area contributed by atoms with Gasteiger partial charge in [0, 0.05) is 4.88 Å². The zero-order chi connectivity index (χ0) is 13.5. The number of rotatable bonds is 5. The minimum absolute atomic E-state index is 0.243. The Kier molecular flexibility index (Phi) is 5.58. The monoisotopic (exact) mass is 267 g/mol. The van der Waals surface area contributed by atoms with Crippen molar-refractivity contribution in [2.75, 3.05) is 11.9 Å². The summed E-state index contributed by atoms with van der Waals surface area (Å²) in [5.74, 6) is -0.642. The SMILES string of the molecule is CC=CC(=O)Nc1sc(CC)cc1C(=O)OCC. The molecule has 0 aliphatic rings. The molecular formula is C13H17NO3S. The molecule has 0 atom stereocenters. The largest absolute Gasteiger partial charge is 0.462 e. The summed E-state index contributed by atoms with van der Waals surface area (Å²) in [5, 5.41) is 3.25. The van der Waals surface area contributed by atoms with E-state index in [1.54, 1.807) is 26.0 Å². The lowest BCUT2D eigenvalue weighted by Gasteiger charge is -2.03. The first kappa shape index (κ1) is 14.4. The van der Waals surface area contributed by atoms with Crippen molar-refractivity contribution < 1.29 is 14.3 Å². The molecule has 98 valence electrons. The van der Waals surface area contributed by atoms with Crippen LogP contribution in [0.1, 0.15) is 36.0 Å². The predicted octanol–water partition coefficient (Wildman–Crippen LogP) is 3.00. The highest BCUT2D eigenvalue weighted by atomic mass is 32.1. The molecule has 0 saturated heterocycles. The second-order valence-electron chi connectivity index (χ2n) is 3.52. The summed E-state index contributed by atoms with van der Waals surface area (Å²) >= 11 is 1.40. The minimum Gasteiger partial charge on any atom is -0.462 e. The Morgan fingerprint density at radius 1 is 1.44 bits per heavy atom. The Bertz CT molecular complexity index is 463. The van der Waals surface area contributed by atoms with Gasteiger partial charge in [0.05, 0.1) is 12.2 Å². The molecule has 0 fully saturated rings.